The maximum atomic E-state index is 12.4. The van der Waals surface area contributed by atoms with E-state index in [1.165, 1.54) is 4.88 Å². The zero-order valence-electron chi connectivity index (χ0n) is 14.0. The molecule has 6 heteroatoms. The summed E-state index contributed by atoms with van der Waals surface area (Å²) < 4.78 is 5.29. The number of amides is 1. The summed E-state index contributed by atoms with van der Waals surface area (Å²) in [5.41, 5.74) is 2.03. The van der Waals surface area contributed by atoms with Gasteiger partial charge in [0.1, 0.15) is 5.75 Å². The summed E-state index contributed by atoms with van der Waals surface area (Å²) in [6.07, 6.45) is 0.793. The molecule has 2 N–H and O–H groups in total. The standard InChI is InChI=1S/C18H21NO4S/c1-11-7-14(8-12(2)17(11)23-10-16(20)21)18(22)19-13(3)9-15-5-4-6-24-15/h4-8,13H,9-10H2,1-3H3,(H,19,22)(H,20,21). The molecule has 1 aromatic heterocycles. The molecule has 128 valence electrons. The molecule has 1 amide bonds. The number of hydrogen-bond donors (Lipinski definition) is 2. The highest BCUT2D eigenvalue weighted by atomic mass is 32.1. The van der Waals surface area contributed by atoms with Crippen LogP contribution >= 0.6 is 11.3 Å². The van der Waals surface area contributed by atoms with Crippen molar-refractivity contribution in [2.24, 2.45) is 0 Å². The molecule has 0 bridgehead atoms. The van der Waals surface area contributed by atoms with E-state index in [0.29, 0.717) is 11.3 Å². The highest BCUT2D eigenvalue weighted by molar-refractivity contribution is 7.09. The van der Waals surface area contributed by atoms with E-state index in [1.807, 2.05) is 18.4 Å². The lowest BCUT2D eigenvalue weighted by Gasteiger charge is -2.16. The Balaban J connectivity index is 2.05. The minimum atomic E-state index is -1.03. The Kier molecular flexibility index (Phi) is 5.98. The predicted molar refractivity (Wildman–Crippen MR) is 94.0 cm³/mol. The number of hydrogen-bond acceptors (Lipinski definition) is 4. The van der Waals surface area contributed by atoms with Crippen molar-refractivity contribution in [3.05, 3.63) is 51.2 Å². The average molecular weight is 347 g/mol. The molecule has 2 rings (SSSR count). The van der Waals surface area contributed by atoms with Crippen molar-refractivity contribution in [3.63, 3.8) is 0 Å². The maximum absolute atomic E-state index is 12.4. The summed E-state index contributed by atoms with van der Waals surface area (Å²) in [6, 6.07) is 7.52. The number of rotatable bonds is 7. The molecule has 0 radical (unpaired) electrons. The Labute approximate surface area is 145 Å². The quantitative estimate of drug-likeness (QED) is 0.806. The number of aliphatic carboxylic acids is 1. The van der Waals surface area contributed by atoms with Gasteiger partial charge in [0.2, 0.25) is 0 Å². The van der Waals surface area contributed by atoms with E-state index in [4.69, 9.17) is 9.84 Å². The second kappa shape index (κ2) is 7.97. The number of carboxylic acids is 1. The zero-order chi connectivity index (χ0) is 17.7. The van der Waals surface area contributed by atoms with Crippen LogP contribution in [0.2, 0.25) is 0 Å². The van der Waals surface area contributed by atoms with Crippen molar-refractivity contribution in [1.29, 1.82) is 0 Å². The lowest BCUT2D eigenvalue weighted by atomic mass is 10.0. The van der Waals surface area contributed by atoms with E-state index in [1.54, 1.807) is 37.3 Å². The van der Waals surface area contributed by atoms with Crippen LogP contribution in [0.25, 0.3) is 0 Å². The zero-order valence-corrected chi connectivity index (χ0v) is 14.8. The van der Waals surface area contributed by atoms with Crippen LogP contribution in [-0.4, -0.2) is 29.6 Å². The first-order chi connectivity index (χ1) is 11.4. The van der Waals surface area contributed by atoms with E-state index in [0.717, 1.165) is 17.5 Å². The largest absolute Gasteiger partial charge is 0.481 e. The Morgan fingerprint density at radius 3 is 2.50 bits per heavy atom. The first-order valence-corrected chi connectivity index (χ1v) is 8.54. The fourth-order valence-corrected chi connectivity index (χ4v) is 3.37. The molecule has 0 spiro atoms. The minimum Gasteiger partial charge on any atom is -0.481 e. The van der Waals surface area contributed by atoms with Crippen molar-refractivity contribution in [3.8, 4) is 5.75 Å². The fourth-order valence-electron chi connectivity index (χ4n) is 2.53. The van der Waals surface area contributed by atoms with Crippen LogP contribution in [-0.2, 0) is 11.2 Å². The summed E-state index contributed by atoms with van der Waals surface area (Å²) in [7, 11) is 0. The Morgan fingerprint density at radius 2 is 1.96 bits per heavy atom. The molecule has 0 fully saturated rings. The third kappa shape index (κ3) is 4.83. The number of benzene rings is 1. The van der Waals surface area contributed by atoms with Crippen molar-refractivity contribution >= 4 is 23.2 Å². The van der Waals surface area contributed by atoms with Gasteiger partial charge < -0.3 is 15.2 Å². The van der Waals surface area contributed by atoms with Crippen molar-refractivity contribution in [2.75, 3.05) is 6.61 Å². The van der Waals surface area contributed by atoms with E-state index < -0.39 is 12.6 Å². The Bertz CT molecular complexity index is 702. The number of aryl methyl sites for hydroxylation is 2. The van der Waals surface area contributed by atoms with Crippen LogP contribution in [0, 0.1) is 13.8 Å². The maximum Gasteiger partial charge on any atom is 0.341 e. The van der Waals surface area contributed by atoms with Crippen LogP contribution in [0.15, 0.2) is 29.6 Å². The van der Waals surface area contributed by atoms with E-state index >= 15 is 0 Å². The first-order valence-electron chi connectivity index (χ1n) is 7.66. The van der Waals surface area contributed by atoms with Crippen molar-refractivity contribution < 1.29 is 19.4 Å². The van der Waals surface area contributed by atoms with Gasteiger partial charge in [0.25, 0.3) is 5.91 Å². The first kappa shape index (κ1) is 18.0. The van der Waals surface area contributed by atoms with Gasteiger partial charge in [-0.15, -0.1) is 11.3 Å². The van der Waals surface area contributed by atoms with Gasteiger partial charge in [0, 0.05) is 22.9 Å². The molecule has 0 aliphatic heterocycles. The topological polar surface area (TPSA) is 75.6 Å². The van der Waals surface area contributed by atoms with Crippen LogP contribution in [0.4, 0.5) is 0 Å². The van der Waals surface area contributed by atoms with E-state index in [9.17, 15) is 9.59 Å². The van der Waals surface area contributed by atoms with Crippen LogP contribution < -0.4 is 10.1 Å². The van der Waals surface area contributed by atoms with Gasteiger partial charge in [-0.05, 0) is 55.5 Å². The molecule has 24 heavy (non-hydrogen) atoms. The molecule has 0 aliphatic carbocycles. The number of carbonyl (C=O) groups excluding carboxylic acids is 1. The van der Waals surface area contributed by atoms with Gasteiger partial charge in [-0.2, -0.15) is 0 Å². The smallest absolute Gasteiger partial charge is 0.341 e. The summed E-state index contributed by atoms with van der Waals surface area (Å²) in [5, 5.41) is 13.7. The number of nitrogens with one attached hydrogen (secondary N) is 1. The molecular formula is C18H21NO4S. The van der Waals surface area contributed by atoms with Gasteiger partial charge in [-0.25, -0.2) is 4.79 Å². The fraction of sp³-hybridized carbons (Fsp3) is 0.333. The molecule has 1 heterocycles. The molecule has 0 saturated heterocycles. The number of ether oxygens (including phenoxy) is 1. The molecular weight excluding hydrogens is 326 g/mol. The summed E-state index contributed by atoms with van der Waals surface area (Å²) >= 11 is 1.67. The minimum absolute atomic E-state index is 0.0275. The number of carbonyl (C=O) groups is 2. The average Bonchev–Trinajstić information content (AvgIpc) is 2.98. The number of thiophene rings is 1. The monoisotopic (exact) mass is 347 g/mol. The Morgan fingerprint density at radius 1 is 1.29 bits per heavy atom. The third-order valence-electron chi connectivity index (χ3n) is 3.53. The molecule has 1 unspecified atom stereocenters. The summed E-state index contributed by atoms with van der Waals surface area (Å²) in [5.74, 6) is -0.659. The van der Waals surface area contributed by atoms with Gasteiger partial charge in [0.05, 0.1) is 0 Å². The van der Waals surface area contributed by atoms with Gasteiger partial charge >= 0.3 is 5.97 Å². The van der Waals surface area contributed by atoms with Crippen molar-refractivity contribution in [2.45, 2.75) is 33.2 Å². The SMILES string of the molecule is Cc1cc(C(=O)NC(C)Cc2cccs2)cc(C)c1OCC(=O)O. The van der Waals surface area contributed by atoms with Crippen LogP contribution in [0.1, 0.15) is 33.3 Å². The summed E-state index contributed by atoms with van der Waals surface area (Å²) in [6.45, 7) is 5.18. The van der Waals surface area contributed by atoms with E-state index in [2.05, 4.69) is 11.4 Å². The van der Waals surface area contributed by atoms with Gasteiger partial charge in [-0.1, -0.05) is 6.07 Å². The van der Waals surface area contributed by atoms with Gasteiger partial charge in [-0.3, -0.25) is 4.79 Å². The second-order valence-corrected chi connectivity index (χ2v) is 6.81. The third-order valence-corrected chi connectivity index (χ3v) is 4.43. The molecule has 5 nitrogen and oxygen atoms in total. The lowest BCUT2D eigenvalue weighted by Crippen LogP contribution is -2.34. The normalized spacial score (nSPS) is 11.8. The highest BCUT2D eigenvalue weighted by Crippen LogP contribution is 2.25. The molecule has 0 aliphatic rings. The lowest BCUT2D eigenvalue weighted by molar-refractivity contribution is -0.139. The predicted octanol–water partition coefficient (Wildman–Crippen LogP) is 3.19. The van der Waals surface area contributed by atoms with Crippen LogP contribution in [0.5, 0.6) is 5.75 Å². The second-order valence-electron chi connectivity index (χ2n) is 5.78. The van der Waals surface area contributed by atoms with Gasteiger partial charge in [0.15, 0.2) is 6.61 Å². The highest BCUT2D eigenvalue weighted by Gasteiger charge is 2.15. The van der Waals surface area contributed by atoms with Crippen LogP contribution in [0.3, 0.4) is 0 Å². The summed E-state index contributed by atoms with van der Waals surface area (Å²) in [4.78, 5) is 24.3. The van der Waals surface area contributed by atoms with E-state index in [-0.39, 0.29) is 11.9 Å². The molecule has 2 aromatic rings. The Hall–Kier alpha value is -2.34. The molecule has 1 aromatic carbocycles. The molecule has 0 saturated carbocycles. The number of carboxylic acid groups (broad SMARTS) is 1. The molecule has 1 atom stereocenters. The van der Waals surface area contributed by atoms with Crippen molar-refractivity contribution in [1.82, 2.24) is 5.32 Å².